The van der Waals surface area contributed by atoms with Crippen LogP contribution < -0.4 is 4.31 Å². The Kier molecular flexibility index (Phi) is 4.51. The number of nitrogens with zero attached hydrogens (tertiary/aromatic N) is 2. The largest absolute Gasteiger partial charge is 0.468 e. The van der Waals surface area contributed by atoms with Gasteiger partial charge in [-0.2, -0.15) is 5.26 Å². The van der Waals surface area contributed by atoms with Crippen molar-refractivity contribution in [2.45, 2.75) is 12.2 Å². The van der Waals surface area contributed by atoms with E-state index in [-0.39, 0.29) is 0 Å². The number of carbonyl (C=O) groups is 1. The van der Waals surface area contributed by atoms with Crippen LogP contribution in [-0.4, -0.2) is 33.8 Å². The summed E-state index contributed by atoms with van der Waals surface area (Å²) in [7, 11) is -1.42. The molecule has 1 rings (SSSR count). The molecule has 0 amide bonds. The number of esters is 1. The molecule has 102 valence electrons. The zero-order chi connectivity index (χ0) is 14.6. The van der Waals surface area contributed by atoms with E-state index >= 15 is 0 Å². The van der Waals surface area contributed by atoms with Crippen molar-refractivity contribution in [1.82, 2.24) is 0 Å². The van der Waals surface area contributed by atoms with Crippen molar-refractivity contribution in [3.05, 3.63) is 29.8 Å². The fourth-order valence-electron chi connectivity index (χ4n) is 1.44. The molecule has 0 saturated heterocycles. The molecule has 0 heterocycles. The number of hydrogen-bond acceptors (Lipinski definition) is 5. The fraction of sp³-hybridized carbons (Fsp3) is 0.333. The quantitative estimate of drug-likeness (QED) is 0.765. The number of hydrogen-bond donors (Lipinski definition) is 0. The molecule has 1 aromatic rings. The van der Waals surface area contributed by atoms with E-state index in [0.717, 1.165) is 11.4 Å². The third-order valence-electron chi connectivity index (χ3n) is 2.70. The van der Waals surface area contributed by atoms with Crippen molar-refractivity contribution < 1.29 is 17.9 Å². The molecule has 1 aromatic carbocycles. The highest BCUT2D eigenvalue weighted by Gasteiger charge is 2.33. The number of carbonyl (C=O) groups excluding carboxylic acids is 1. The summed E-state index contributed by atoms with van der Waals surface area (Å²) in [4.78, 5) is 11.3. The van der Waals surface area contributed by atoms with Gasteiger partial charge in [0.25, 0.3) is 0 Å². The van der Waals surface area contributed by atoms with Crippen molar-refractivity contribution in [3.63, 3.8) is 0 Å². The van der Waals surface area contributed by atoms with Gasteiger partial charge in [-0.1, -0.05) is 6.07 Å². The Hall–Kier alpha value is -2.07. The van der Waals surface area contributed by atoms with Gasteiger partial charge < -0.3 is 4.74 Å². The van der Waals surface area contributed by atoms with E-state index in [9.17, 15) is 13.2 Å². The summed E-state index contributed by atoms with van der Waals surface area (Å²) in [6.07, 6.45) is 0. The fourth-order valence-corrected chi connectivity index (χ4v) is 2.66. The van der Waals surface area contributed by atoms with Crippen LogP contribution in [0.5, 0.6) is 0 Å². The first-order valence-corrected chi connectivity index (χ1v) is 6.90. The van der Waals surface area contributed by atoms with Crippen LogP contribution in [0.15, 0.2) is 24.3 Å². The van der Waals surface area contributed by atoms with Gasteiger partial charge in [0, 0.05) is 7.05 Å². The number of anilines is 1. The van der Waals surface area contributed by atoms with E-state index in [1.54, 1.807) is 18.2 Å². The maximum absolute atomic E-state index is 12.2. The molecule has 0 aliphatic carbocycles. The SMILES string of the molecule is COC(=O)C(C)S(=O)(=O)N(C)c1cccc(C#N)c1. The van der Waals surface area contributed by atoms with E-state index in [4.69, 9.17) is 5.26 Å². The van der Waals surface area contributed by atoms with Crippen molar-refractivity contribution in [1.29, 1.82) is 5.26 Å². The van der Waals surface area contributed by atoms with E-state index in [2.05, 4.69) is 4.74 Å². The highest BCUT2D eigenvalue weighted by Crippen LogP contribution is 2.20. The number of ether oxygens (including phenoxy) is 1. The smallest absolute Gasteiger partial charge is 0.325 e. The van der Waals surface area contributed by atoms with Crippen LogP contribution in [0.4, 0.5) is 5.69 Å². The van der Waals surface area contributed by atoms with Crippen molar-refractivity contribution in [2.75, 3.05) is 18.5 Å². The van der Waals surface area contributed by atoms with Gasteiger partial charge in [0.05, 0.1) is 24.4 Å². The second-order valence-electron chi connectivity index (χ2n) is 3.84. The minimum atomic E-state index is -3.88. The van der Waals surface area contributed by atoms with Crippen molar-refractivity contribution >= 4 is 21.7 Å². The molecule has 0 radical (unpaired) electrons. The highest BCUT2D eigenvalue weighted by molar-refractivity contribution is 7.94. The van der Waals surface area contributed by atoms with Crippen molar-refractivity contribution in [2.24, 2.45) is 0 Å². The molecule has 0 aromatic heterocycles. The first-order chi connectivity index (χ1) is 8.84. The van der Waals surface area contributed by atoms with Crippen LogP contribution >= 0.6 is 0 Å². The third-order valence-corrected chi connectivity index (χ3v) is 4.76. The molecule has 0 bridgehead atoms. The van der Waals surface area contributed by atoms with Crippen LogP contribution in [0.25, 0.3) is 0 Å². The summed E-state index contributed by atoms with van der Waals surface area (Å²) in [6, 6.07) is 8.04. The molecule has 0 saturated carbocycles. The summed E-state index contributed by atoms with van der Waals surface area (Å²) in [5.41, 5.74) is 0.653. The molecule has 0 fully saturated rings. The second kappa shape index (κ2) is 5.71. The molecule has 1 unspecified atom stereocenters. The lowest BCUT2D eigenvalue weighted by atomic mass is 10.2. The van der Waals surface area contributed by atoms with Gasteiger partial charge in [-0.25, -0.2) is 8.42 Å². The lowest BCUT2D eigenvalue weighted by molar-refractivity contribution is -0.139. The molecule has 6 nitrogen and oxygen atoms in total. The molecule has 0 aliphatic heterocycles. The molecule has 1 atom stereocenters. The maximum Gasteiger partial charge on any atom is 0.325 e. The highest BCUT2D eigenvalue weighted by atomic mass is 32.2. The van der Waals surface area contributed by atoms with Crippen LogP contribution in [-0.2, 0) is 19.6 Å². The number of nitriles is 1. The summed E-state index contributed by atoms with van der Waals surface area (Å²) in [5, 5.41) is 7.48. The summed E-state index contributed by atoms with van der Waals surface area (Å²) in [5.74, 6) is -0.830. The Morgan fingerprint density at radius 2 is 2.11 bits per heavy atom. The molecule has 7 heteroatoms. The number of sulfonamides is 1. The minimum Gasteiger partial charge on any atom is -0.468 e. The molecular weight excluding hydrogens is 268 g/mol. The Labute approximate surface area is 112 Å². The maximum atomic E-state index is 12.2. The van der Waals surface area contributed by atoms with Crippen molar-refractivity contribution in [3.8, 4) is 6.07 Å². The van der Waals surface area contributed by atoms with Gasteiger partial charge in [0.2, 0.25) is 10.0 Å². The topological polar surface area (TPSA) is 87.5 Å². The van der Waals surface area contributed by atoms with Gasteiger partial charge in [-0.3, -0.25) is 9.10 Å². The Bertz CT molecular complexity index is 619. The monoisotopic (exact) mass is 282 g/mol. The Morgan fingerprint density at radius 1 is 1.47 bits per heavy atom. The molecule has 0 spiro atoms. The van der Waals surface area contributed by atoms with E-state index in [0.29, 0.717) is 11.3 Å². The zero-order valence-corrected chi connectivity index (χ0v) is 11.6. The predicted molar refractivity (Wildman–Crippen MR) is 70.0 cm³/mol. The molecule has 19 heavy (non-hydrogen) atoms. The first kappa shape index (κ1) is 15.0. The van der Waals surface area contributed by atoms with Crippen LogP contribution in [0.1, 0.15) is 12.5 Å². The van der Waals surface area contributed by atoms with Gasteiger partial charge >= 0.3 is 5.97 Å². The molecular formula is C12H14N2O4S. The summed E-state index contributed by atoms with van der Waals surface area (Å²) < 4.78 is 29.7. The van der Waals surface area contributed by atoms with Crippen LogP contribution in [0.3, 0.4) is 0 Å². The zero-order valence-electron chi connectivity index (χ0n) is 10.8. The van der Waals surface area contributed by atoms with Gasteiger partial charge in [-0.05, 0) is 25.1 Å². The standard InChI is InChI=1S/C12H14N2O4S/c1-9(12(15)18-3)19(16,17)14(2)11-6-4-5-10(7-11)8-13/h4-7,9H,1-3H3. The summed E-state index contributed by atoms with van der Waals surface area (Å²) in [6.45, 7) is 1.26. The van der Waals surface area contributed by atoms with Gasteiger partial charge in [0.1, 0.15) is 0 Å². The van der Waals surface area contributed by atoms with Crippen LogP contribution in [0.2, 0.25) is 0 Å². The predicted octanol–water partition coefficient (Wildman–Crippen LogP) is 0.886. The van der Waals surface area contributed by atoms with E-state index in [1.807, 2.05) is 6.07 Å². The Balaban J connectivity index is 3.15. The second-order valence-corrected chi connectivity index (χ2v) is 6.12. The van der Waals surface area contributed by atoms with E-state index in [1.165, 1.54) is 20.0 Å². The normalized spacial score (nSPS) is 12.3. The van der Waals surface area contributed by atoms with Gasteiger partial charge in [-0.15, -0.1) is 0 Å². The average Bonchev–Trinajstić information content (AvgIpc) is 2.44. The minimum absolute atomic E-state index is 0.315. The Morgan fingerprint density at radius 3 is 2.63 bits per heavy atom. The number of benzene rings is 1. The number of rotatable bonds is 4. The lowest BCUT2D eigenvalue weighted by Crippen LogP contribution is -2.39. The van der Waals surface area contributed by atoms with E-state index < -0.39 is 21.2 Å². The third kappa shape index (κ3) is 3.03. The average molecular weight is 282 g/mol. The van der Waals surface area contributed by atoms with Crippen LogP contribution in [0, 0.1) is 11.3 Å². The number of methoxy groups -OCH3 is 1. The first-order valence-electron chi connectivity index (χ1n) is 5.40. The summed E-state index contributed by atoms with van der Waals surface area (Å²) >= 11 is 0. The molecule has 0 N–H and O–H groups in total. The van der Waals surface area contributed by atoms with Gasteiger partial charge in [0.15, 0.2) is 5.25 Å². The lowest BCUT2D eigenvalue weighted by Gasteiger charge is -2.22. The molecule has 0 aliphatic rings.